The molecule has 1 saturated heterocycles. The molecule has 0 atom stereocenters. The van der Waals surface area contributed by atoms with Gasteiger partial charge in [-0.25, -0.2) is 9.97 Å². The molecule has 1 fully saturated rings. The number of ether oxygens (including phenoxy) is 1. The van der Waals surface area contributed by atoms with Gasteiger partial charge in [-0.2, -0.15) is 0 Å². The quantitative estimate of drug-likeness (QED) is 0.926. The summed E-state index contributed by atoms with van der Waals surface area (Å²) in [5.41, 5.74) is 4.27. The van der Waals surface area contributed by atoms with Crippen molar-refractivity contribution < 1.29 is 4.74 Å². The molecule has 1 aromatic carbocycles. The highest BCUT2D eigenvalue weighted by Gasteiger charge is 2.11. The summed E-state index contributed by atoms with van der Waals surface area (Å²) in [4.78, 5) is 11.3. The van der Waals surface area contributed by atoms with Crippen LogP contribution in [0.5, 0.6) is 0 Å². The van der Waals surface area contributed by atoms with Gasteiger partial charge in [0.2, 0.25) is 5.95 Å². The maximum absolute atomic E-state index is 5.40. The van der Waals surface area contributed by atoms with Gasteiger partial charge in [-0.3, -0.25) is 0 Å². The van der Waals surface area contributed by atoms with Gasteiger partial charge >= 0.3 is 0 Å². The van der Waals surface area contributed by atoms with Gasteiger partial charge in [0.25, 0.3) is 0 Å². The second-order valence-electron chi connectivity index (χ2n) is 6.03. The Morgan fingerprint density at radius 3 is 2.64 bits per heavy atom. The molecule has 1 N–H and O–H groups in total. The monoisotopic (exact) mass is 333 g/mol. The highest BCUT2D eigenvalue weighted by molar-refractivity contribution is 5.73. The molecule has 2 aliphatic rings. The van der Waals surface area contributed by atoms with Crippen LogP contribution in [0.15, 0.2) is 54.8 Å². The van der Waals surface area contributed by atoms with E-state index in [2.05, 4.69) is 69.1 Å². The van der Waals surface area contributed by atoms with Gasteiger partial charge in [0.15, 0.2) is 0 Å². The number of morpholine rings is 1. The SMILES string of the molecule is [CH]1C=CC(c2ccnc(Nc3ccc(N4CCOCC4)cc3)n2)=CC1. The number of aromatic nitrogens is 2. The van der Waals surface area contributed by atoms with E-state index in [9.17, 15) is 0 Å². The van der Waals surface area contributed by atoms with Crippen LogP contribution in [0.3, 0.4) is 0 Å². The van der Waals surface area contributed by atoms with Gasteiger partial charge in [-0.1, -0.05) is 18.2 Å². The smallest absolute Gasteiger partial charge is 0.227 e. The number of rotatable bonds is 4. The molecule has 1 aromatic heterocycles. The highest BCUT2D eigenvalue weighted by atomic mass is 16.5. The molecule has 0 bridgehead atoms. The highest BCUT2D eigenvalue weighted by Crippen LogP contribution is 2.23. The molecule has 0 amide bonds. The fourth-order valence-electron chi connectivity index (χ4n) is 2.99. The maximum atomic E-state index is 5.40. The third-order valence-corrected chi connectivity index (χ3v) is 4.34. The lowest BCUT2D eigenvalue weighted by Crippen LogP contribution is -2.36. The van der Waals surface area contributed by atoms with Crippen molar-refractivity contribution in [3.05, 3.63) is 66.9 Å². The molecule has 0 unspecified atom stereocenters. The minimum absolute atomic E-state index is 0.612. The summed E-state index contributed by atoms with van der Waals surface area (Å²) in [5.74, 6) is 0.612. The van der Waals surface area contributed by atoms with Crippen LogP contribution in [0, 0.1) is 6.42 Å². The Morgan fingerprint density at radius 2 is 1.88 bits per heavy atom. The van der Waals surface area contributed by atoms with E-state index in [0.29, 0.717) is 5.95 Å². The minimum atomic E-state index is 0.612. The zero-order valence-corrected chi connectivity index (χ0v) is 14.1. The first-order valence-corrected chi connectivity index (χ1v) is 8.62. The molecule has 2 heterocycles. The lowest BCUT2D eigenvalue weighted by Gasteiger charge is -2.28. The van der Waals surface area contributed by atoms with Crippen molar-refractivity contribution >= 4 is 22.9 Å². The lowest BCUT2D eigenvalue weighted by molar-refractivity contribution is 0.122. The van der Waals surface area contributed by atoms with Crippen LogP contribution in [-0.2, 0) is 4.74 Å². The molecule has 5 heteroatoms. The summed E-state index contributed by atoms with van der Waals surface area (Å²) in [6.45, 7) is 3.47. The van der Waals surface area contributed by atoms with Gasteiger partial charge in [-0.05, 0) is 48.7 Å². The largest absolute Gasteiger partial charge is 0.378 e. The molecule has 1 aliphatic carbocycles. The van der Waals surface area contributed by atoms with E-state index < -0.39 is 0 Å². The summed E-state index contributed by atoms with van der Waals surface area (Å²) in [5, 5.41) is 3.29. The number of hydrogen-bond donors (Lipinski definition) is 1. The summed E-state index contributed by atoms with van der Waals surface area (Å²) >= 11 is 0. The summed E-state index contributed by atoms with van der Waals surface area (Å²) in [7, 11) is 0. The molecular formula is C20H21N4O. The number of nitrogens with one attached hydrogen (secondary N) is 1. The fraction of sp³-hybridized carbons (Fsp3) is 0.250. The van der Waals surface area contributed by atoms with E-state index in [1.165, 1.54) is 5.69 Å². The molecule has 1 aliphatic heterocycles. The standard InChI is InChI=1S/C20H21N4O/c1-2-4-16(5-3-1)19-10-11-21-20(23-19)22-17-6-8-18(9-7-17)24-12-14-25-15-13-24/h1-2,4-11H,3,12-15H2,(H,21,22,23). The van der Waals surface area contributed by atoms with E-state index in [0.717, 1.165) is 49.7 Å². The van der Waals surface area contributed by atoms with Crippen LogP contribution in [0.25, 0.3) is 5.57 Å². The Labute approximate surface area is 148 Å². The zero-order chi connectivity index (χ0) is 16.9. The number of nitrogens with zero attached hydrogens (tertiary/aromatic N) is 3. The number of anilines is 3. The summed E-state index contributed by atoms with van der Waals surface area (Å²) < 4.78 is 5.40. The van der Waals surface area contributed by atoms with Gasteiger partial charge in [0, 0.05) is 30.7 Å². The van der Waals surface area contributed by atoms with E-state index in [1.54, 1.807) is 6.20 Å². The molecule has 5 nitrogen and oxygen atoms in total. The van der Waals surface area contributed by atoms with Gasteiger partial charge < -0.3 is 15.0 Å². The molecule has 2 aromatic rings. The van der Waals surface area contributed by atoms with Crippen molar-refractivity contribution in [3.8, 4) is 0 Å². The summed E-state index contributed by atoms with van der Waals surface area (Å²) in [6, 6.07) is 10.3. The van der Waals surface area contributed by atoms with Crippen LogP contribution in [0.1, 0.15) is 12.1 Å². The first-order valence-electron chi connectivity index (χ1n) is 8.62. The van der Waals surface area contributed by atoms with Crippen LogP contribution >= 0.6 is 0 Å². The van der Waals surface area contributed by atoms with Gasteiger partial charge in [-0.15, -0.1) is 0 Å². The molecule has 4 rings (SSSR count). The number of allylic oxidation sites excluding steroid dienone is 4. The van der Waals surface area contributed by atoms with Crippen molar-refractivity contribution in [3.63, 3.8) is 0 Å². The average molecular weight is 333 g/mol. The van der Waals surface area contributed by atoms with Crippen LogP contribution < -0.4 is 10.2 Å². The van der Waals surface area contributed by atoms with E-state index in [1.807, 2.05) is 6.07 Å². The topological polar surface area (TPSA) is 50.3 Å². The predicted molar refractivity (Wildman–Crippen MR) is 101 cm³/mol. The Morgan fingerprint density at radius 1 is 1.04 bits per heavy atom. The van der Waals surface area contributed by atoms with Crippen molar-refractivity contribution in [2.45, 2.75) is 6.42 Å². The van der Waals surface area contributed by atoms with E-state index in [-0.39, 0.29) is 0 Å². The van der Waals surface area contributed by atoms with Crippen LogP contribution in [0.4, 0.5) is 17.3 Å². The third-order valence-electron chi connectivity index (χ3n) is 4.34. The normalized spacial score (nSPS) is 17.3. The van der Waals surface area contributed by atoms with Gasteiger partial charge in [0.1, 0.15) is 0 Å². The molecular weight excluding hydrogens is 312 g/mol. The van der Waals surface area contributed by atoms with Crippen LogP contribution in [-0.4, -0.2) is 36.3 Å². The van der Waals surface area contributed by atoms with Crippen molar-refractivity contribution in [2.24, 2.45) is 0 Å². The zero-order valence-electron chi connectivity index (χ0n) is 14.1. The Hall–Kier alpha value is -2.66. The molecule has 0 spiro atoms. The van der Waals surface area contributed by atoms with Crippen molar-refractivity contribution in [1.82, 2.24) is 9.97 Å². The van der Waals surface area contributed by atoms with Gasteiger partial charge in [0.05, 0.1) is 18.9 Å². The minimum Gasteiger partial charge on any atom is -0.378 e. The fourth-order valence-corrected chi connectivity index (χ4v) is 2.99. The van der Waals surface area contributed by atoms with E-state index in [4.69, 9.17) is 4.74 Å². The van der Waals surface area contributed by atoms with Crippen molar-refractivity contribution in [2.75, 3.05) is 36.5 Å². The maximum Gasteiger partial charge on any atom is 0.227 e. The Bertz CT molecular complexity index is 777. The molecule has 25 heavy (non-hydrogen) atoms. The Kier molecular flexibility index (Phi) is 4.74. The second kappa shape index (κ2) is 7.49. The first kappa shape index (κ1) is 15.8. The lowest BCUT2D eigenvalue weighted by atomic mass is 10.0. The summed E-state index contributed by atoms with van der Waals surface area (Å²) in [6.07, 6.45) is 11.2. The number of benzene rings is 1. The molecule has 0 saturated carbocycles. The number of hydrogen-bond acceptors (Lipinski definition) is 5. The predicted octanol–water partition coefficient (Wildman–Crippen LogP) is 3.60. The average Bonchev–Trinajstić information content (AvgIpc) is 2.70. The molecule has 1 radical (unpaired) electrons. The Balaban J connectivity index is 1.46. The van der Waals surface area contributed by atoms with Crippen LogP contribution in [0.2, 0.25) is 0 Å². The van der Waals surface area contributed by atoms with E-state index >= 15 is 0 Å². The second-order valence-corrected chi connectivity index (χ2v) is 6.03. The molecule has 127 valence electrons. The first-order chi connectivity index (χ1) is 12.4. The van der Waals surface area contributed by atoms with Crippen molar-refractivity contribution in [1.29, 1.82) is 0 Å². The third kappa shape index (κ3) is 3.88.